The van der Waals surface area contributed by atoms with E-state index in [2.05, 4.69) is 61.8 Å². The van der Waals surface area contributed by atoms with E-state index in [9.17, 15) is 0 Å². The van der Waals surface area contributed by atoms with Gasteiger partial charge in [-0.05, 0) is 87.5 Å². The summed E-state index contributed by atoms with van der Waals surface area (Å²) >= 11 is 0. The summed E-state index contributed by atoms with van der Waals surface area (Å²) in [6.45, 7) is 4.60. The normalized spacial score (nSPS) is 25.3. The highest BCUT2D eigenvalue weighted by Gasteiger charge is 2.20. The van der Waals surface area contributed by atoms with Crippen LogP contribution in [0.2, 0.25) is 0 Å². The number of rotatable bonds is 8. The van der Waals surface area contributed by atoms with Gasteiger partial charge in [0.05, 0.1) is 0 Å². The first-order valence-electron chi connectivity index (χ1n) is 13.9. The first-order valence-corrected chi connectivity index (χ1v) is 13.9. The zero-order chi connectivity index (χ0) is 22.4. The molecule has 0 nitrogen and oxygen atoms in total. The van der Waals surface area contributed by atoms with Crippen LogP contribution in [-0.2, 0) is 0 Å². The van der Waals surface area contributed by atoms with E-state index in [0.29, 0.717) is 11.8 Å². The van der Waals surface area contributed by atoms with Crippen molar-refractivity contribution < 1.29 is 0 Å². The van der Waals surface area contributed by atoms with Gasteiger partial charge in [-0.1, -0.05) is 88.9 Å². The summed E-state index contributed by atoms with van der Waals surface area (Å²) in [5.74, 6) is 17.2. The van der Waals surface area contributed by atoms with E-state index in [-0.39, 0.29) is 0 Å². The predicted octanol–water partition coefficient (Wildman–Crippen LogP) is 9.16. The van der Waals surface area contributed by atoms with E-state index in [1.165, 1.54) is 103 Å². The molecule has 0 radical (unpaired) electrons. The van der Waals surface area contributed by atoms with Crippen molar-refractivity contribution in [1.82, 2.24) is 0 Å². The van der Waals surface area contributed by atoms with Gasteiger partial charge in [-0.15, -0.1) is 0 Å². The number of benzene rings is 1. The minimum Gasteiger partial charge on any atom is -0.0945 e. The Bertz CT molecular complexity index is 679. The Kier molecular flexibility index (Phi) is 11.3. The van der Waals surface area contributed by atoms with Crippen LogP contribution < -0.4 is 0 Å². The van der Waals surface area contributed by atoms with E-state index < -0.39 is 0 Å². The molecule has 0 bridgehead atoms. The van der Waals surface area contributed by atoms with E-state index in [1.807, 2.05) is 0 Å². The Morgan fingerprint density at radius 1 is 0.562 bits per heavy atom. The molecule has 3 rings (SSSR count). The van der Waals surface area contributed by atoms with Gasteiger partial charge in [0.2, 0.25) is 0 Å². The Balaban J connectivity index is 1.39. The molecule has 0 unspecified atom stereocenters. The average Bonchev–Trinajstić information content (AvgIpc) is 2.84. The lowest BCUT2D eigenvalue weighted by Gasteiger charge is -2.25. The molecule has 0 atom stereocenters. The highest BCUT2D eigenvalue weighted by molar-refractivity contribution is 5.42. The van der Waals surface area contributed by atoms with Crippen molar-refractivity contribution in [2.45, 2.75) is 117 Å². The molecule has 0 amide bonds. The Hall–Kier alpha value is -1.66. The molecule has 0 saturated heterocycles. The fraction of sp³-hybridized carbons (Fsp3) is 0.688. The highest BCUT2D eigenvalue weighted by atomic mass is 14.2. The van der Waals surface area contributed by atoms with Crippen molar-refractivity contribution in [3.05, 3.63) is 35.4 Å². The molecular formula is C32H46. The molecule has 1 aromatic rings. The minimum absolute atomic E-state index is 0.606. The third kappa shape index (κ3) is 9.07. The van der Waals surface area contributed by atoms with Crippen LogP contribution in [0.1, 0.15) is 128 Å². The molecule has 0 aliphatic heterocycles. The first-order chi connectivity index (χ1) is 15.8. The second kappa shape index (κ2) is 14.5. The van der Waals surface area contributed by atoms with Gasteiger partial charge in [0, 0.05) is 23.0 Å². The lowest BCUT2D eigenvalue weighted by Crippen LogP contribution is -2.13. The predicted molar refractivity (Wildman–Crippen MR) is 139 cm³/mol. The third-order valence-corrected chi connectivity index (χ3v) is 7.85. The maximum Gasteiger partial charge on any atom is 0.0246 e. The molecule has 1 aromatic carbocycles. The van der Waals surface area contributed by atoms with Gasteiger partial charge in [-0.3, -0.25) is 0 Å². The molecule has 2 aliphatic rings. The van der Waals surface area contributed by atoms with Gasteiger partial charge in [-0.25, -0.2) is 0 Å². The number of hydrogen-bond acceptors (Lipinski definition) is 0. The number of hydrogen-bond donors (Lipinski definition) is 0. The summed E-state index contributed by atoms with van der Waals surface area (Å²) in [6.07, 6.45) is 22.0. The van der Waals surface area contributed by atoms with Gasteiger partial charge in [-0.2, -0.15) is 0 Å². The molecule has 0 spiro atoms. The minimum atomic E-state index is 0.606. The SMILES string of the molecule is CCCCCC1CCC(C#Cc2ccc(C#CC3CCC(CCCCC)CC3)cc2)CC1. The average molecular weight is 431 g/mol. The smallest absolute Gasteiger partial charge is 0.0246 e. The van der Waals surface area contributed by atoms with Gasteiger partial charge in [0.15, 0.2) is 0 Å². The zero-order valence-electron chi connectivity index (χ0n) is 20.9. The fourth-order valence-corrected chi connectivity index (χ4v) is 5.56. The van der Waals surface area contributed by atoms with E-state index in [0.717, 1.165) is 23.0 Å². The van der Waals surface area contributed by atoms with Crippen molar-refractivity contribution in [3.63, 3.8) is 0 Å². The standard InChI is InChI=1S/C32H46/c1-3-5-7-9-27-11-15-29(16-12-27)19-21-31-23-25-32(26-24-31)22-20-30-17-13-28(14-18-30)10-8-6-4-2/h23-30H,3-18H2,1-2H3. The Morgan fingerprint density at radius 2 is 0.938 bits per heavy atom. The maximum atomic E-state index is 3.57. The number of unbranched alkanes of at least 4 members (excludes halogenated alkanes) is 4. The molecule has 0 N–H and O–H groups in total. The van der Waals surface area contributed by atoms with Crippen molar-refractivity contribution in [3.8, 4) is 23.7 Å². The Morgan fingerprint density at radius 3 is 1.28 bits per heavy atom. The van der Waals surface area contributed by atoms with E-state index >= 15 is 0 Å². The van der Waals surface area contributed by atoms with Gasteiger partial charge in [0.25, 0.3) is 0 Å². The van der Waals surface area contributed by atoms with Gasteiger partial charge >= 0.3 is 0 Å². The van der Waals surface area contributed by atoms with Gasteiger partial charge < -0.3 is 0 Å². The van der Waals surface area contributed by atoms with Crippen LogP contribution in [-0.4, -0.2) is 0 Å². The molecule has 2 aliphatic carbocycles. The Labute approximate surface area is 199 Å². The lowest BCUT2D eigenvalue weighted by atomic mass is 9.80. The second-order valence-electron chi connectivity index (χ2n) is 10.5. The molecule has 2 fully saturated rings. The van der Waals surface area contributed by atoms with E-state index in [1.54, 1.807) is 0 Å². The van der Waals surface area contributed by atoms with Crippen LogP contribution in [0.25, 0.3) is 0 Å². The summed E-state index contributed by atoms with van der Waals surface area (Å²) in [5, 5.41) is 0. The highest BCUT2D eigenvalue weighted by Crippen LogP contribution is 2.32. The molecule has 0 aromatic heterocycles. The molecular weight excluding hydrogens is 384 g/mol. The van der Waals surface area contributed by atoms with Crippen molar-refractivity contribution in [2.75, 3.05) is 0 Å². The second-order valence-corrected chi connectivity index (χ2v) is 10.5. The molecule has 32 heavy (non-hydrogen) atoms. The maximum absolute atomic E-state index is 3.57. The van der Waals surface area contributed by atoms with Gasteiger partial charge in [0.1, 0.15) is 0 Å². The van der Waals surface area contributed by atoms with Crippen LogP contribution in [0.15, 0.2) is 24.3 Å². The molecule has 2 saturated carbocycles. The van der Waals surface area contributed by atoms with E-state index in [4.69, 9.17) is 0 Å². The van der Waals surface area contributed by atoms with Crippen LogP contribution in [0.4, 0.5) is 0 Å². The van der Waals surface area contributed by atoms with Crippen LogP contribution in [0.3, 0.4) is 0 Å². The summed E-state index contributed by atoms with van der Waals surface area (Å²) in [4.78, 5) is 0. The summed E-state index contributed by atoms with van der Waals surface area (Å²) < 4.78 is 0. The quantitative estimate of drug-likeness (QED) is 0.285. The van der Waals surface area contributed by atoms with Crippen LogP contribution >= 0.6 is 0 Å². The van der Waals surface area contributed by atoms with Crippen LogP contribution in [0.5, 0.6) is 0 Å². The molecule has 0 heterocycles. The summed E-state index contributed by atoms with van der Waals surface area (Å²) in [5.41, 5.74) is 2.29. The topological polar surface area (TPSA) is 0 Å². The molecule has 174 valence electrons. The van der Waals surface area contributed by atoms with Crippen LogP contribution in [0, 0.1) is 47.4 Å². The first kappa shape index (κ1) is 25.0. The van der Waals surface area contributed by atoms with Crippen molar-refractivity contribution in [1.29, 1.82) is 0 Å². The van der Waals surface area contributed by atoms with Crippen molar-refractivity contribution >= 4 is 0 Å². The third-order valence-electron chi connectivity index (χ3n) is 7.85. The molecule has 0 heteroatoms. The monoisotopic (exact) mass is 430 g/mol. The zero-order valence-corrected chi connectivity index (χ0v) is 20.9. The largest absolute Gasteiger partial charge is 0.0945 e. The fourth-order valence-electron chi connectivity index (χ4n) is 5.56. The van der Waals surface area contributed by atoms with Crippen molar-refractivity contribution in [2.24, 2.45) is 23.7 Å². The summed E-state index contributed by atoms with van der Waals surface area (Å²) in [6, 6.07) is 8.66. The lowest BCUT2D eigenvalue weighted by molar-refractivity contribution is 0.294. The summed E-state index contributed by atoms with van der Waals surface area (Å²) in [7, 11) is 0.